The highest BCUT2D eigenvalue weighted by molar-refractivity contribution is 6.06. The van der Waals surface area contributed by atoms with Crippen molar-refractivity contribution in [3.05, 3.63) is 70.2 Å². The fourth-order valence-corrected chi connectivity index (χ4v) is 3.46. The second kappa shape index (κ2) is 7.30. The van der Waals surface area contributed by atoms with E-state index in [1.807, 2.05) is 0 Å². The number of fused-ring (bicyclic) bond motifs is 1. The molecule has 0 bridgehead atoms. The van der Waals surface area contributed by atoms with Gasteiger partial charge in [-0.05, 0) is 36.8 Å². The van der Waals surface area contributed by atoms with E-state index in [1.54, 1.807) is 21.9 Å². The smallest absolute Gasteiger partial charge is 0.289 e. The van der Waals surface area contributed by atoms with Crippen molar-refractivity contribution in [2.24, 2.45) is 0 Å². The van der Waals surface area contributed by atoms with Crippen molar-refractivity contribution in [1.82, 2.24) is 14.8 Å². The lowest BCUT2D eigenvalue weighted by molar-refractivity contribution is 0.0701. The Labute approximate surface area is 159 Å². The van der Waals surface area contributed by atoms with E-state index in [-0.39, 0.29) is 28.7 Å². The third kappa shape index (κ3) is 3.40. The van der Waals surface area contributed by atoms with Gasteiger partial charge in [-0.1, -0.05) is 0 Å². The third-order valence-electron chi connectivity index (χ3n) is 4.84. The molecule has 1 saturated heterocycles. The van der Waals surface area contributed by atoms with Crippen LogP contribution in [-0.2, 0) is 0 Å². The first-order valence-electron chi connectivity index (χ1n) is 8.97. The van der Waals surface area contributed by atoms with Crippen molar-refractivity contribution in [1.29, 1.82) is 0 Å². The summed E-state index contributed by atoms with van der Waals surface area (Å²) in [6.07, 6.45) is 2.05. The molecule has 3 heterocycles. The van der Waals surface area contributed by atoms with E-state index < -0.39 is 11.4 Å². The second-order valence-electron chi connectivity index (χ2n) is 6.65. The number of aromatic amines is 1. The van der Waals surface area contributed by atoms with Gasteiger partial charge in [0.25, 0.3) is 11.8 Å². The summed E-state index contributed by atoms with van der Waals surface area (Å²) >= 11 is 0. The van der Waals surface area contributed by atoms with Crippen LogP contribution in [-0.4, -0.2) is 52.8 Å². The number of pyridine rings is 1. The lowest BCUT2D eigenvalue weighted by Crippen LogP contribution is -2.37. The zero-order valence-corrected chi connectivity index (χ0v) is 15.0. The van der Waals surface area contributed by atoms with Crippen LogP contribution in [0, 0.1) is 5.82 Å². The normalized spacial score (nSPS) is 14.9. The highest BCUT2D eigenvalue weighted by Crippen LogP contribution is 2.19. The fourth-order valence-electron chi connectivity index (χ4n) is 3.46. The Morgan fingerprint density at radius 2 is 1.75 bits per heavy atom. The monoisotopic (exact) mass is 383 g/mol. The largest absolute Gasteiger partial charge is 0.459 e. The number of halogens is 1. The number of nitrogens with one attached hydrogen (secondary N) is 1. The topological polar surface area (TPSA) is 86.6 Å². The van der Waals surface area contributed by atoms with Crippen molar-refractivity contribution in [2.45, 2.75) is 6.42 Å². The number of aromatic nitrogens is 1. The van der Waals surface area contributed by atoms with Crippen molar-refractivity contribution >= 4 is 22.7 Å². The molecule has 0 radical (unpaired) electrons. The maximum absolute atomic E-state index is 13.5. The Bertz CT molecular complexity index is 1090. The van der Waals surface area contributed by atoms with Crippen LogP contribution in [0.25, 0.3) is 10.9 Å². The van der Waals surface area contributed by atoms with Gasteiger partial charge < -0.3 is 19.2 Å². The molecule has 0 spiro atoms. The number of hydrogen-bond donors (Lipinski definition) is 1. The van der Waals surface area contributed by atoms with Gasteiger partial charge in [-0.25, -0.2) is 4.39 Å². The number of H-pyrrole nitrogens is 1. The number of benzene rings is 1. The molecular formula is C20H18FN3O4. The number of carbonyl (C=O) groups is 2. The van der Waals surface area contributed by atoms with Gasteiger partial charge in [0.1, 0.15) is 5.82 Å². The molecule has 8 heteroatoms. The summed E-state index contributed by atoms with van der Waals surface area (Å²) in [4.78, 5) is 43.3. The van der Waals surface area contributed by atoms with Gasteiger partial charge in [-0.2, -0.15) is 0 Å². The SMILES string of the molecule is O=C(c1ccco1)N1CCCN(C(=O)c2cc(=O)[nH]c3cc(F)ccc23)CC1. The molecule has 3 aromatic rings. The molecule has 4 rings (SSSR count). The predicted octanol–water partition coefficient (Wildman–Crippen LogP) is 2.25. The molecule has 0 saturated carbocycles. The molecular weight excluding hydrogens is 365 g/mol. The van der Waals surface area contributed by atoms with Gasteiger partial charge in [-0.3, -0.25) is 14.4 Å². The van der Waals surface area contributed by atoms with E-state index in [9.17, 15) is 18.8 Å². The fraction of sp³-hybridized carbons (Fsp3) is 0.250. The third-order valence-corrected chi connectivity index (χ3v) is 4.84. The molecule has 1 aliphatic heterocycles. The summed E-state index contributed by atoms with van der Waals surface area (Å²) in [5.41, 5.74) is 0.0377. The number of rotatable bonds is 2. The first kappa shape index (κ1) is 18.0. The quantitative estimate of drug-likeness (QED) is 0.735. The molecule has 28 heavy (non-hydrogen) atoms. The van der Waals surface area contributed by atoms with Crippen molar-refractivity contribution in [3.8, 4) is 0 Å². The molecule has 0 aliphatic carbocycles. The van der Waals surface area contributed by atoms with Gasteiger partial charge >= 0.3 is 0 Å². The average molecular weight is 383 g/mol. The molecule has 0 atom stereocenters. The van der Waals surface area contributed by atoms with Crippen LogP contribution < -0.4 is 5.56 Å². The molecule has 0 unspecified atom stereocenters. The van der Waals surface area contributed by atoms with Crippen LogP contribution in [0.4, 0.5) is 4.39 Å². The molecule has 144 valence electrons. The first-order chi connectivity index (χ1) is 13.5. The van der Waals surface area contributed by atoms with Crippen LogP contribution in [0.2, 0.25) is 0 Å². The average Bonchev–Trinajstić information content (AvgIpc) is 3.10. The van der Waals surface area contributed by atoms with Gasteiger partial charge in [0.15, 0.2) is 5.76 Å². The number of carbonyl (C=O) groups excluding carboxylic acids is 2. The minimum Gasteiger partial charge on any atom is -0.459 e. The second-order valence-corrected chi connectivity index (χ2v) is 6.65. The number of nitrogens with zero attached hydrogens (tertiary/aromatic N) is 2. The van der Waals surface area contributed by atoms with Crippen molar-refractivity contribution in [2.75, 3.05) is 26.2 Å². The molecule has 2 amide bonds. The Morgan fingerprint density at radius 1 is 1.00 bits per heavy atom. The minimum absolute atomic E-state index is 0.212. The van der Waals surface area contributed by atoms with E-state index in [4.69, 9.17) is 4.42 Å². The maximum Gasteiger partial charge on any atom is 0.289 e. The van der Waals surface area contributed by atoms with Crippen LogP contribution in [0.15, 0.2) is 51.9 Å². The highest BCUT2D eigenvalue weighted by Gasteiger charge is 2.25. The van der Waals surface area contributed by atoms with Crippen LogP contribution in [0.5, 0.6) is 0 Å². The summed E-state index contributed by atoms with van der Waals surface area (Å²) < 4.78 is 18.6. The number of furan rings is 1. The Kier molecular flexibility index (Phi) is 4.68. The number of amides is 2. The van der Waals surface area contributed by atoms with Gasteiger partial charge in [-0.15, -0.1) is 0 Å². The summed E-state index contributed by atoms with van der Waals surface area (Å²) in [5.74, 6) is -0.747. The predicted molar refractivity (Wildman–Crippen MR) is 99.7 cm³/mol. The van der Waals surface area contributed by atoms with Gasteiger partial charge in [0, 0.05) is 37.6 Å². The standard InChI is InChI=1S/C20H18FN3O4/c21-13-4-5-14-15(12-18(25)22-16(14)11-13)19(26)23-6-2-7-24(9-8-23)20(27)17-3-1-10-28-17/h1,3-5,10-12H,2,6-9H2,(H,22,25). The van der Waals surface area contributed by atoms with E-state index in [0.29, 0.717) is 38.0 Å². The van der Waals surface area contributed by atoms with E-state index in [1.165, 1.54) is 30.5 Å². The molecule has 1 N–H and O–H groups in total. The number of hydrogen-bond acceptors (Lipinski definition) is 4. The lowest BCUT2D eigenvalue weighted by atomic mass is 10.1. The van der Waals surface area contributed by atoms with Crippen molar-refractivity contribution in [3.63, 3.8) is 0 Å². The summed E-state index contributed by atoms with van der Waals surface area (Å²) in [5, 5.41) is 0.485. The molecule has 2 aromatic heterocycles. The molecule has 1 aliphatic rings. The molecule has 1 aromatic carbocycles. The Morgan fingerprint density at radius 3 is 2.46 bits per heavy atom. The van der Waals surface area contributed by atoms with Crippen LogP contribution in [0.1, 0.15) is 27.3 Å². The maximum atomic E-state index is 13.5. The van der Waals surface area contributed by atoms with E-state index >= 15 is 0 Å². The van der Waals surface area contributed by atoms with Crippen LogP contribution in [0.3, 0.4) is 0 Å². The van der Waals surface area contributed by atoms with E-state index in [2.05, 4.69) is 4.98 Å². The summed E-state index contributed by atoms with van der Waals surface area (Å²) in [6.45, 7) is 1.66. The van der Waals surface area contributed by atoms with Gasteiger partial charge in [0.05, 0.1) is 17.3 Å². The molecule has 1 fully saturated rings. The lowest BCUT2D eigenvalue weighted by Gasteiger charge is -2.22. The summed E-state index contributed by atoms with van der Waals surface area (Å²) in [7, 11) is 0. The van der Waals surface area contributed by atoms with Gasteiger partial charge in [0.2, 0.25) is 5.56 Å². The van der Waals surface area contributed by atoms with E-state index in [0.717, 1.165) is 0 Å². The van der Waals surface area contributed by atoms with Crippen molar-refractivity contribution < 1.29 is 18.4 Å². The zero-order chi connectivity index (χ0) is 19.7. The minimum atomic E-state index is -0.491. The molecule has 7 nitrogen and oxygen atoms in total. The first-order valence-corrected chi connectivity index (χ1v) is 8.97. The zero-order valence-electron chi connectivity index (χ0n) is 15.0. The Hall–Kier alpha value is -3.42. The van der Waals surface area contributed by atoms with Crippen LogP contribution >= 0.6 is 0 Å². The summed E-state index contributed by atoms with van der Waals surface area (Å²) in [6, 6.07) is 8.43. The highest BCUT2D eigenvalue weighted by atomic mass is 19.1. The Balaban J connectivity index is 1.57.